The molecule has 0 unspecified atom stereocenters. The van der Waals surface area contributed by atoms with Crippen LogP contribution in [-0.4, -0.2) is 20.9 Å². The number of hydrogen-bond donors (Lipinski definition) is 1. The van der Waals surface area contributed by atoms with Crippen molar-refractivity contribution in [2.75, 3.05) is 0 Å². The number of nitrogens with zero attached hydrogens (tertiary/aromatic N) is 2. The van der Waals surface area contributed by atoms with Crippen molar-refractivity contribution in [1.29, 1.82) is 0 Å². The molecule has 0 bridgehead atoms. The lowest BCUT2D eigenvalue weighted by atomic mass is 10.1. The topological polar surface area (TPSA) is 55.1 Å². The summed E-state index contributed by atoms with van der Waals surface area (Å²) in [5.74, 6) is -3.16. The van der Waals surface area contributed by atoms with Gasteiger partial charge in [-0.3, -0.25) is 4.68 Å². The van der Waals surface area contributed by atoms with Gasteiger partial charge in [0, 0.05) is 17.0 Å². The summed E-state index contributed by atoms with van der Waals surface area (Å²) in [4.78, 5) is 11.3. The van der Waals surface area contributed by atoms with E-state index in [0.717, 1.165) is 28.9 Å². The van der Waals surface area contributed by atoms with E-state index in [4.69, 9.17) is 5.11 Å². The molecule has 0 saturated carbocycles. The Labute approximate surface area is 137 Å². The first-order chi connectivity index (χ1) is 11.7. The monoisotopic (exact) mass is 356 g/mol. The van der Waals surface area contributed by atoms with Gasteiger partial charge in [0.05, 0.1) is 17.6 Å². The largest absolute Gasteiger partial charge is 0.476 e. The van der Waals surface area contributed by atoms with E-state index in [-0.39, 0.29) is 23.0 Å². The van der Waals surface area contributed by atoms with Gasteiger partial charge in [-0.15, -0.1) is 0 Å². The van der Waals surface area contributed by atoms with E-state index >= 15 is 0 Å². The van der Waals surface area contributed by atoms with E-state index in [1.165, 1.54) is 0 Å². The van der Waals surface area contributed by atoms with Crippen molar-refractivity contribution in [1.82, 2.24) is 9.78 Å². The van der Waals surface area contributed by atoms with Crippen LogP contribution < -0.4 is 0 Å². The maximum absolute atomic E-state index is 13.8. The zero-order valence-electron chi connectivity index (χ0n) is 12.3. The molecule has 0 aliphatic rings. The molecule has 0 fully saturated rings. The van der Waals surface area contributed by atoms with Crippen LogP contribution in [0.3, 0.4) is 0 Å². The average molecular weight is 356 g/mol. The van der Waals surface area contributed by atoms with Crippen LogP contribution in [0.15, 0.2) is 36.4 Å². The molecule has 1 aromatic heterocycles. The molecule has 130 valence electrons. The number of aromatic nitrogens is 2. The summed E-state index contributed by atoms with van der Waals surface area (Å²) in [5, 5.41) is 12.7. The average Bonchev–Trinajstić information content (AvgIpc) is 2.87. The number of fused-ring (bicyclic) bond motifs is 1. The Morgan fingerprint density at radius 2 is 1.84 bits per heavy atom. The third-order valence-corrected chi connectivity index (χ3v) is 3.62. The number of hydrogen-bond acceptors (Lipinski definition) is 2. The molecule has 2 aromatic carbocycles. The minimum atomic E-state index is -4.64. The molecule has 0 saturated heterocycles. The molecule has 4 nitrogen and oxygen atoms in total. The van der Waals surface area contributed by atoms with Gasteiger partial charge in [-0.2, -0.15) is 18.3 Å². The van der Waals surface area contributed by atoms with Gasteiger partial charge in [-0.05, 0) is 24.3 Å². The predicted octanol–water partition coefficient (Wildman–Crippen LogP) is 4.08. The Hall–Kier alpha value is -2.97. The molecular formula is C16H9F5N2O2. The Bertz CT molecular complexity index is 979. The zero-order valence-corrected chi connectivity index (χ0v) is 12.3. The molecule has 0 spiro atoms. The fraction of sp³-hybridized carbons (Fsp3) is 0.125. The van der Waals surface area contributed by atoms with Gasteiger partial charge in [0.1, 0.15) is 11.6 Å². The quantitative estimate of drug-likeness (QED) is 0.720. The molecule has 3 aromatic rings. The first kappa shape index (κ1) is 16.9. The van der Waals surface area contributed by atoms with Gasteiger partial charge in [0.15, 0.2) is 5.69 Å². The van der Waals surface area contributed by atoms with Crippen LogP contribution in [0.1, 0.15) is 21.6 Å². The van der Waals surface area contributed by atoms with Crippen LogP contribution in [0.2, 0.25) is 0 Å². The molecule has 3 rings (SSSR count). The van der Waals surface area contributed by atoms with E-state index in [1.807, 2.05) is 0 Å². The normalized spacial score (nSPS) is 11.9. The fourth-order valence-corrected chi connectivity index (χ4v) is 2.45. The lowest BCUT2D eigenvalue weighted by Gasteiger charge is -2.08. The molecule has 1 N–H and O–H groups in total. The van der Waals surface area contributed by atoms with E-state index < -0.39 is 35.0 Å². The van der Waals surface area contributed by atoms with Gasteiger partial charge in [0.25, 0.3) is 0 Å². The number of halogens is 5. The Kier molecular flexibility index (Phi) is 3.94. The van der Waals surface area contributed by atoms with Crippen molar-refractivity contribution in [3.8, 4) is 0 Å². The van der Waals surface area contributed by atoms with E-state index in [0.29, 0.717) is 12.1 Å². The smallest absolute Gasteiger partial charge is 0.416 e. The van der Waals surface area contributed by atoms with Gasteiger partial charge in [-0.25, -0.2) is 13.6 Å². The van der Waals surface area contributed by atoms with Crippen molar-refractivity contribution in [2.24, 2.45) is 0 Å². The third kappa shape index (κ3) is 3.17. The van der Waals surface area contributed by atoms with Crippen molar-refractivity contribution in [2.45, 2.75) is 12.7 Å². The van der Waals surface area contributed by atoms with Crippen LogP contribution in [0, 0.1) is 11.6 Å². The molecule has 0 aliphatic heterocycles. The predicted molar refractivity (Wildman–Crippen MR) is 77.2 cm³/mol. The fourth-order valence-electron chi connectivity index (χ4n) is 2.45. The van der Waals surface area contributed by atoms with Crippen LogP contribution in [0.25, 0.3) is 10.9 Å². The highest BCUT2D eigenvalue weighted by Gasteiger charge is 2.31. The van der Waals surface area contributed by atoms with Crippen LogP contribution in [0.5, 0.6) is 0 Å². The van der Waals surface area contributed by atoms with E-state index in [1.54, 1.807) is 0 Å². The summed E-state index contributed by atoms with van der Waals surface area (Å²) in [6.07, 6.45) is -4.64. The summed E-state index contributed by atoms with van der Waals surface area (Å²) < 4.78 is 66.3. The van der Waals surface area contributed by atoms with Crippen LogP contribution in [-0.2, 0) is 12.7 Å². The Morgan fingerprint density at radius 3 is 2.44 bits per heavy atom. The highest BCUT2D eigenvalue weighted by atomic mass is 19.4. The maximum Gasteiger partial charge on any atom is 0.416 e. The van der Waals surface area contributed by atoms with Crippen molar-refractivity contribution in [3.63, 3.8) is 0 Å². The minimum Gasteiger partial charge on any atom is -0.476 e. The second-order valence-electron chi connectivity index (χ2n) is 5.28. The van der Waals surface area contributed by atoms with Gasteiger partial charge in [-0.1, -0.05) is 6.07 Å². The summed E-state index contributed by atoms with van der Waals surface area (Å²) in [6.45, 7) is -0.263. The summed E-state index contributed by atoms with van der Waals surface area (Å²) in [5.41, 5.74) is -1.49. The summed E-state index contributed by atoms with van der Waals surface area (Å²) in [6, 6.07) is 5.36. The number of carboxylic acids is 1. The van der Waals surface area contributed by atoms with Crippen molar-refractivity contribution >= 4 is 16.9 Å². The summed E-state index contributed by atoms with van der Waals surface area (Å²) in [7, 11) is 0. The highest BCUT2D eigenvalue weighted by molar-refractivity contribution is 6.01. The number of carbonyl (C=O) groups is 1. The number of aromatic carboxylic acids is 1. The molecule has 1 heterocycles. The minimum absolute atomic E-state index is 0.0163. The molecule has 0 radical (unpaired) electrons. The number of carboxylic acid groups (broad SMARTS) is 1. The van der Waals surface area contributed by atoms with Crippen molar-refractivity contribution < 1.29 is 31.9 Å². The Balaban J connectivity index is 2.14. The Morgan fingerprint density at radius 1 is 1.12 bits per heavy atom. The molecule has 0 atom stereocenters. The third-order valence-electron chi connectivity index (χ3n) is 3.62. The number of alkyl halides is 3. The van der Waals surface area contributed by atoms with Gasteiger partial charge >= 0.3 is 12.1 Å². The van der Waals surface area contributed by atoms with E-state index in [2.05, 4.69) is 5.10 Å². The molecule has 0 amide bonds. The molecule has 25 heavy (non-hydrogen) atoms. The first-order valence-electron chi connectivity index (χ1n) is 6.92. The molecule has 0 aliphatic carbocycles. The van der Waals surface area contributed by atoms with Crippen molar-refractivity contribution in [3.05, 3.63) is 64.9 Å². The summed E-state index contributed by atoms with van der Waals surface area (Å²) >= 11 is 0. The van der Waals surface area contributed by atoms with Gasteiger partial charge < -0.3 is 5.11 Å². The van der Waals surface area contributed by atoms with E-state index in [9.17, 15) is 26.7 Å². The molecular weight excluding hydrogens is 347 g/mol. The van der Waals surface area contributed by atoms with Gasteiger partial charge in [0.2, 0.25) is 0 Å². The second kappa shape index (κ2) is 5.83. The first-order valence-corrected chi connectivity index (χ1v) is 6.92. The lowest BCUT2D eigenvalue weighted by molar-refractivity contribution is -0.137. The maximum atomic E-state index is 13.8. The molecule has 9 heteroatoms. The van der Waals surface area contributed by atoms with Crippen LogP contribution >= 0.6 is 0 Å². The second-order valence-corrected chi connectivity index (χ2v) is 5.28. The van der Waals surface area contributed by atoms with Crippen LogP contribution in [0.4, 0.5) is 22.0 Å². The lowest BCUT2D eigenvalue weighted by Crippen LogP contribution is -2.06. The highest BCUT2D eigenvalue weighted by Crippen LogP contribution is 2.32. The number of rotatable bonds is 3. The number of benzene rings is 2. The zero-order chi connectivity index (χ0) is 18.4. The SMILES string of the molecule is O=C(O)c1nn(Cc2ccc(F)cc2F)c2ccc(C(F)(F)F)cc12. The standard InChI is InChI=1S/C16H9F5N2O2/c17-10-3-1-8(12(18)6-10)7-23-13-4-2-9(16(19,20)21)5-11(13)14(22-23)15(24)25/h1-6H,7H2,(H,24,25).